The molecule has 5 heteroatoms. The molecule has 0 spiro atoms. The molecule has 2 rings (SSSR count). The summed E-state index contributed by atoms with van der Waals surface area (Å²) in [4.78, 5) is 25.4. The number of hydrogen-bond donors (Lipinski definition) is 1. The second-order valence-electron chi connectivity index (χ2n) is 5.82. The molecule has 1 aromatic rings. The van der Waals surface area contributed by atoms with E-state index in [-0.39, 0.29) is 11.8 Å². The number of likely N-dealkylation sites (tertiary alicyclic amines) is 1. The molecule has 5 nitrogen and oxygen atoms in total. The van der Waals surface area contributed by atoms with E-state index in [0.717, 1.165) is 32.5 Å². The normalized spacial score (nSPS) is 15.3. The third kappa shape index (κ3) is 5.21. The number of anilines is 1. The average molecular weight is 316 g/mol. The minimum absolute atomic E-state index is 0.0461. The third-order valence-electron chi connectivity index (χ3n) is 3.94. The second-order valence-corrected chi connectivity index (χ2v) is 5.82. The van der Waals surface area contributed by atoms with E-state index >= 15 is 0 Å². The Morgan fingerprint density at radius 2 is 1.96 bits per heavy atom. The lowest BCUT2D eigenvalue weighted by Gasteiger charge is -2.32. The number of carbonyl (C=O) groups excluding carboxylic acids is 2. The van der Waals surface area contributed by atoms with Crippen LogP contribution in [0.15, 0.2) is 36.9 Å². The van der Waals surface area contributed by atoms with Gasteiger partial charge in [-0.25, -0.2) is 0 Å². The lowest BCUT2D eigenvalue weighted by atomic mass is 9.97. The zero-order chi connectivity index (χ0) is 16.7. The number of nitrogens with one attached hydrogen (secondary N) is 1. The molecule has 0 saturated carbocycles. The van der Waals surface area contributed by atoms with E-state index in [2.05, 4.69) is 11.9 Å². The van der Waals surface area contributed by atoms with E-state index in [0.29, 0.717) is 23.8 Å². The summed E-state index contributed by atoms with van der Waals surface area (Å²) in [5.41, 5.74) is 1.35. The first-order valence-corrected chi connectivity index (χ1v) is 7.95. The van der Waals surface area contributed by atoms with Crippen LogP contribution >= 0.6 is 0 Å². The largest absolute Gasteiger partial charge is 0.377 e. The summed E-state index contributed by atoms with van der Waals surface area (Å²) in [7, 11) is 0. The van der Waals surface area contributed by atoms with E-state index in [9.17, 15) is 9.59 Å². The van der Waals surface area contributed by atoms with Crippen LogP contribution in [0.2, 0.25) is 0 Å². The van der Waals surface area contributed by atoms with Crippen LogP contribution in [0.3, 0.4) is 0 Å². The molecule has 0 radical (unpaired) electrons. The zero-order valence-electron chi connectivity index (χ0n) is 13.6. The quantitative estimate of drug-likeness (QED) is 0.648. The number of amides is 2. The highest BCUT2D eigenvalue weighted by Gasteiger charge is 2.23. The molecule has 1 fully saturated rings. The molecule has 1 N–H and O–H groups in total. The Labute approximate surface area is 137 Å². The number of hydrogen-bond acceptors (Lipinski definition) is 3. The Morgan fingerprint density at radius 1 is 1.30 bits per heavy atom. The van der Waals surface area contributed by atoms with Gasteiger partial charge in [0.2, 0.25) is 5.91 Å². The molecule has 0 aliphatic carbocycles. The number of carbonyl (C=O) groups is 2. The molecule has 1 aliphatic heterocycles. The monoisotopic (exact) mass is 316 g/mol. The molecule has 23 heavy (non-hydrogen) atoms. The van der Waals surface area contributed by atoms with Crippen LogP contribution in [-0.2, 0) is 9.53 Å². The minimum atomic E-state index is -0.121. The topological polar surface area (TPSA) is 58.6 Å². The van der Waals surface area contributed by atoms with Crippen LogP contribution in [-0.4, -0.2) is 43.0 Å². The molecule has 124 valence electrons. The van der Waals surface area contributed by atoms with Gasteiger partial charge in [0.05, 0.1) is 6.61 Å². The van der Waals surface area contributed by atoms with Gasteiger partial charge in [-0.3, -0.25) is 9.59 Å². The second kappa shape index (κ2) is 8.48. The van der Waals surface area contributed by atoms with Crippen molar-refractivity contribution in [3.8, 4) is 0 Å². The van der Waals surface area contributed by atoms with E-state index in [1.807, 2.05) is 4.90 Å². The Kier molecular flexibility index (Phi) is 6.35. The lowest BCUT2D eigenvalue weighted by molar-refractivity contribution is -0.114. The number of piperidine rings is 1. The summed E-state index contributed by atoms with van der Waals surface area (Å²) >= 11 is 0. The van der Waals surface area contributed by atoms with Gasteiger partial charge in [0.15, 0.2) is 0 Å². The molecule has 0 bridgehead atoms. The molecule has 1 aromatic carbocycles. The Morgan fingerprint density at radius 3 is 2.52 bits per heavy atom. The molecule has 1 aliphatic rings. The van der Waals surface area contributed by atoms with Crippen molar-refractivity contribution in [3.05, 3.63) is 42.5 Å². The molecule has 1 heterocycles. The Hall–Kier alpha value is -2.14. The predicted octanol–water partition coefficient (Wildman–Crippen LogP) is 2.70. The van der Waals surface area contributed by atoms with Crippen molar-refractivity contribution in [2.24, 2.45) is 5.92 Å². The fraction of sp³-hybridized carbons (Fsp3) is 0.444. The predicted molar refractivity (Wildman–Crippen MR) is 90.4 cm³/mol. The highest BCUT2D eigenvalue weighted by Crippen LogP contribution is 2.20. The van der Waals surface area contributed by atoms with Crippen molar-refractivity contribution in [2.45, 2.75) is 19.8 Å². The van der Waals surface area contributed by atoms with E-state index in [1.165, 1.54) is 6.92 Å². The van der Waals surface area contributed by atoms with Gasteiger partial charge in [-0.1, -0.05) is 6.08 Å². The number of nitrogens with zero attached hydrogens (tertiary/aromatic N) is 1. The Bertz CT molecular complexity index is 546. The van der Waals surface area contributed by atoms with Crippen LogP contribution in [0.1, 0.15) is 30.1 Å². The molecule has 1 saturated heterocycles. The summed E-state index contributed by atoms with van der Waals surface area (Å²) < 4.78 is 5.49. The van der Waals surface area contributed by atoms with Crippen LogP contribution in [0.25, 0.3) is 0 Å². The summed E-state index contributed by atoms with van der Waals surface area (Å²) in [5, 5.41) is 2.70. The molecular formula is C18H24N2O3. The van der Waals surface area contributed by atoms with Crippen molar-refractivity contribution < 1.29 is 14.3 Å². The van der Waals surface area contributed by atoms with Gasteiger partial charge in [0.1, 0.15) is 0 Å². The zero-order valence-corrected chi connectivity index (χ0v) is 13.6. The van der Waals surface area contributed by atoms with Crippen molar-refractivity contribution >= 4 is 17.5 Å². The molecule has 0 atom stereocenters. The van der Waals surface area contributed by atoms with Crippen LogP contribution in [0, 0.1) is 5.92 Å². The fourth-order valence-corrected chi connectivity index (χ4v) is 2.70. The first kappa shape index (κ1) is 17.2. The van der Waals surface area contributed by atoms with Gasteiger partial charge in [0.25, 0.3) is 5.91 Å². The maximum absolute atomic E-state index is 12.5. The minimum Gasteiger partial charge on any atom is -0.377 e. The average Bonchev–Trinajstić information content (AvgIpc) is 2.55. The molecule has 2 amide bonds. The van der Waals surface area contributed by atoms with Crippen LogP contribution in [0.4, 0.5) is 5.69 Å². The maximum Gasteiger partial charge on any atom is 0.253 e. The van der Waals surface area contributed by atoms with E-state index < -0.39 is 0 Å². The summed E-state index contributed by atoms with van der Waals surface area (Å²) in [5.74, 6) is 0.441. The van der Waals surface area contributed by atoms with Crippen molar-refractivity contribution in [3.63, 3.8) is 0 Å². The van der Waals surface area contributed by atoms with Crippen LogP contribution in [0.5, 0.6) is 0 Å². The lowest BCUT2D eigenvalue weighted by Crippen LogP contribution is -2.39. The summed E-state index contributed by atoms with van der Waals surface area (Å²) in [6.45, 7) is 7.93. The fourth-order valence-electron chi connectivity index (χ4n) is 2.70. The summed E-state index contributed by atoms with van der Waals surface area (Å²) in [6, 6.07) is 7.02. The molecule has 0 unspecified atom stereocenters. The van der Waals surface area contributed by atoms with E-state index in [4.69, 9.17) is 4.74 Å². The standard InChI is InChI=1S/C18H24N2O3/c1-3-12-23-13-15-8-10-20(11-9-15)18(22)16-4-6-17(7-5-16)19-14(2)21/h3-7,15H,1,8-13H2,2H3,(H,19,21). The van der Waals surface area contributed by atoms with Crippen molar-refractivity contribution in [1.82, 2.24) is 4.90 Å². The number of benzene rings is 1. The van der Waals surface area contributed by atoms with Gasteiger partial charge in [-0.05, 0) is 43.0 Å². The summed E-state index contributed by atoms with van der Waals surface area (Å²) in [6.07, 6.45) is 3.68. The van der Waals surface area contributed by atoms with Gasteiger partial charge in [0, 0.05) is 37.9 Å². The third-order valence-corrected chi connectivity index (χ3v) is 3.94. The first-order valence-electron chi connectivity index (χ1n) is 7.95. The molecular weight excluding hydrogens is 292 g/mol. The van der Waals surface area contributed by atoms with Gasteiger partial charge in [-0.15, -0.1) is 6.58 Å². The van der Waals surface area contributed by atoms with E-state index in [1.54, 1.807) is 30.3 Å². The first-order chi connectivity index (χ1) is 11.1. The smallest absolute Gasteiger partial charge is 0.253 e. The highest BCUT2D eigenvalue weighted by molar-refractivity contribution is 5.95. The Balaban J connectivity index is 1.84. The van der Waals surface area contributed by atoms with Crippen LogP contribution < -0.4 is 5.32 Å². The highest BCUT2D eigenvalue weighted by atomic mass is 16.5. The molecule has 0 aromatic heterocycles. The van der Waals surface area contributed by atoms with Gasteiger partial charge < -0.3 is 15.0 Å². The maximum atomic E-state index is 12.5. The van der Waals surface area contributed by atoms with Crippen molar-refractivity contribution in [1.29, 1.82) is 0 Å². The van der Waals surface area contributed by atoms with Gasteiger partial charge in [-0.2, -0.15) is 0 Å². The SMILES string of the molecule is C=CCOCC1CCN(C(=O)c2ccc(NC(C)=O)cc2)CC1. The van der Waals surface area contributed by atoms with Gasteiger partial charge >= 0.3 is 0 Å². The number of ether oxygens (including phenoxy) is 1. The number of rotatable bonds is 6. The van der Waals surface area contributed by atoms with Crippen molar-refractivity contribution in [2.75, 3.05) is 31.6 Å².